The summed E-state index contributed by atoms with van der Waals surface area (Å²) in [6, 6.07) is 6.80. The molecule has 6 nitrogen and oxygen atoms in total. The molecule has 1 aromatic heterocycles. The van der Waals surface area contributed by atoms with E-state index in [0.29, 0.717) is 34.2 Å². The van der Waals surface area contributed by atoms with Crippen LogP contribution in [0.5, 0.6) is 5.75 Å². The van der Waals surface area contributed by atoms with Crippen molar-refractivity contribution >= 4 is 23.2 Å². The van der Waals surface area contributed by atoms with E-state index < -0.39 is 5.97 Å². The third kappa shape index (κ3) is 3.91. The van der Waals surface area contributed by atoms with Crippen molar-refractivity contribution in [2.75, 3.05) is 13.2 Å². The number of amides is 1. The van der Waals surface area contributed by atoms with E-state index in [0.717, 1.165) is 17.0 Å². The second-order valence-corrected chi connectivity index (χ2v) is 5.93. The maximum Gasteiger partial charge on any atom is 0.350 e. The van der Waals surface area contributed by atoms with Crippen molar-refractivity contribution in [2.45, 2.75) is 20.8 Å². The first-order chi connectivity index (χ1) is 11.5. The zero-order chi connectivity index (χ0) is 17.7. The molecule has 0 bridgehead atoms. The number of ether oxygens (including phenoxy) is 2. The summed E-state index contributed by atoms with van der Waals surface area (Å²) in [7, 11) is 1.76. The average molecular weight is 348 g/mol. The number of hydrogen-bond donors (Lipinski definition) is 0. The highest BCUT2D eigenvalue weighted by atomic mass is 32.1. The normalized spacial score (nSPS) is 11.4. The first kappa shape index (κ1) is 17.9. The molecular formula is C17H20N2O4S. The number of thiazole rings is 1. The fourth-order valence-electron chi connectivity index (χ4n) is 2.03. The van der Waals surface area contributed by atoms with E-state index in [-0.39, 0.29) is 5.91 Å². The number of rotatable bonds is 5. The molecule has 0 radical (unpaired) electrons. The minimum absolute atomic E-state index is 0.303. The third-order valence-corrected chi connectivity index (χ3v) is 4.60. The monoisotopic (exact) mass is 348 g/mol. The summed E-state index contributed by atoms with van der Waals surface area (Å²) >= 11 is 1.14. The lowest BCUT2D eigenvalue weighted by atomic mass is 10.2. The molecule has 1 amide bonds. The predicted molar refractivity (Wildman–Crippen MR) is 91.5 cm³/mol. The van der Waals surface area contributed by atoms with E-state index in [1.807, 2.05) is 6.92 Å². The molecule has 2 rings (SSSR count). The van der Waals surface area contributed by atoms with E-state index >= 15 is 0 Å². The first-order valence-corrected chi connectivity index (χ1v) is 8.45. The summed E-state index contributed by atoms with van der Waals surface area (Å²) in [5.74, 6) is -0.0629. The SMILES string of the molecule is CCOC(=O)c1sc(=NC(=O)c2ccc(OCC)cc2)n(C)c1C. The van der Waals surface area contributed by atoms with Gasteiger partial charge < -0.3 is 14.0 Å². The number of carbonyl (C=O) groups is 2. The zero-order valence-electron chi connectivity index (χ0n) is 14.2. The van der Waals surface area contributed by atoms with Crippen molar-refractivity contribution in [3.8, 4) is 5.75 Å². The van der Waals surface area contributed by atoms with Crippen LogP contribution < -0.4 is 9.54 Å². The molecule has 0 saturated heterocycles. The topological polar surface area (TPSA) is 69.9 Å². The molecule has 0 unspecified atom stereocenters. The van der Waals surface area contributed by atoms with Crippen molar-refractivity contribution in [3.05, 3.63) is 45.2 Å². The molecule has 7 heteroatoms. The second-order valence-electron chi connectivity index (χ2n) is 4.95. The molecule has 0 aliphatic carbocycles. The van der Waals surface area contributed by atoms with Crippen LogP contribution in [0.4, 0.5) is 0 Å². The smallest absolute Gasteiger partial charge is 0.350 e. The Morgan fingerprint density at radius 2 is 1.83 bits per heavy atom. The molecule has 0 saturated carbocycles. The van der Waals surface area contributed by atoms with Gasteiger partial charge in [0.1, 0.15) is 10.6 Å². The van der Waals surface area contributed by atoms with Gasteiger partial charge in [0.25, 0.3) is 5.91 Å². The minimum atomic E-state index is -0.398. The van der Waals surface area contributed by atoms with Gasteiger partial charge in [-0.15, -0.1) is 0 Å². The van der Waals surface area contributed by atoms with Gasteiger partial charge in [-0.1, -0.05) is 11.3 Å². The average Bonchev–Trinajstić information content (AvgIpc) is 2.84. The van der Waals surface area contributed by atoms with E-state index in [1.54, 1.807) is 49.7 Å². The molecule has 0 aliphatic rings. The maximum absolute atomic E-state index is 12.3. The lowest BCUT2D eigenvalue weighted by Crippen LogP contribution is -2.14. The molecular weight excluding hydrogens is 328 g/mol. The minimum Gasteiger partial charge on any atom is -0.494 e. The number of nitrogens with zero attached hydrogens (tertiary/aromatic N) is 2. The molecule has 0 atom stereocenters. The third-order valence-electron chi connectivity index (χ3n) is 3.38. The highest BCUT2D eigenvalue weighted by molar-refractivity contribution is 7.11. The number of benzene rings is 1. The largest absolute Gasteiger partial charge is 0.494 e. The van der Waals surface area contributed by atoms with Crippen LogP contribution in [0.3, 0.4) is 0 Å². The Kier molecular flexibility index (Phi) is 5.92. The molecule has 128 valence electrons. The van der Waals surface area contributed by atoms with Gasteiger partial charge in [0.15, 0.2) is 4.80 Å². The van der Waals surface area contributed by atoms with Crippen LogP contribution >= 0.6 is 11.3 Å². The summed E-state index contributed by atoms with van der Waals surface area (Å²) in [6.45, 7) is 6.31. The summed E-state index contributed by atoms with van der Waals surface area (Å²) in [5, 5.41) is 0. The Hall–Kier alpha value is -2.41. The van der Waals surface area contributed by atoms with Gasteiger partial charge in [-0.05, 0) is 45.0 Å². The second kappa shape index (κ2) is 7.92. The van der Waals surface area contributed by atoms with Crippen molar-refractivity contribution in [1.29, 1.82) is 0 Å². The summed E-state index contributed by atoms with van der Waals surface area (Å²) in [6.07, 6.45) is 0. The summed E-state index contributed by atoms with van der Waals surface area (Å²) < 4.78 is 12.1. The van der Waals surface area contributed by atoms with Gasteiger partial charge in [0.2, 0.25) is 0 Å². The number of esters is 1. The van der Waals surface area contributed by atoms with E-state index in [9.17, 15) is 9.59 Å². The molecule has 0 aliphatic heterocycles. The fraction of sp³-hybridized carbons (Fsp3) is 0.353. The Labute approximate surface area is 144 Å². The van der Waals surface area contributed by atoms with Gasteiger partial charge in [0.05, 0.1) is 13.2 Å². The van der Waals surface area contributed by atoms with Gasteiger partial charge in [-0.3, -0.25) is 4.79 Å². The van der Waals surface area contributed by atoms with Gasteiger partial charge in [-0.25, -0.2) is 4.79 Å². The molecule has 0 N–H and O–H groups in total. The lowest BCUT2D eigenvalue weighted by Gasteiger charge is -2.02. The first-order valence-electron chi connectivity index (χ1n) is 7.63. The molecule has 1 aromatic carbocycles. The Morgan fingerprint density at radius 3 is 2.42 bits per heavy atom. The van der Waals surface area contributed by atoms with Crippen molar-refractivity contribution in [1.82, 2.24) is 4.57 Å². The van der Waals surface area contributed by atoms with E-state index in [2.05, 4.69) is 4.99 Å². The van der Waals surface area contributed by atoms with E-state index in [4.69, 9.17) is 9.47 Å². The molecule has 0 spiro atoms. The van der Waals surface area contributed by atoms with Crippen molar-refractivity contribution in [3.63, 3.8) is 0 Å². The Morgan fingerprint density at radius 1 is 1.17 bits per heavy atom. The quantitative estimate of drug-likeness (QED) is 0.779. The number of carbonyl (C=O) groups excluding carboxylic acids is 2. The van der Waals surface area contributed by atoms with Crippen LogP contribution in [0, 0.1) is 6.92 Å². The van der Waals surface area contributed by atoms with Crippen LogP contribution in [-0.4, -0.2) is 29.7 Å². The van der Waals surface area contributed by atoms with Crippen LogP contribution in [0.15, 0.2) is 29.3 Å². The lowest BCUT2D eigenvalue weighted by molar-refractivity contribution is 0.0530. The van der Waals surface area contributed by atoms with Crippen LogP contribution in [-0.2, 0) is 11.8 Å². The Bertz CT molecular complexity index is 803. The van der Waals surface area contributed by atoms with Crippen LogP contribution in [0.1, 0.15) is 39.6 Å². The predicted octanol–water partition coefficient (Wildman–Crippen LogP) is 2.71. The van der Waals surface area contributed by atoms with Gasteiger partial charge >= 0.3 is 5.97 Å². The molecule has 1 heterocycles. The van der Waals surface area contributed by atoms with Gasteiger partial charge in [-0.2, -0.15) is 4.99 Å². The van der Waals surface area contributed by atoms with Crippen LogP contribution in [0.25, 0.3) is 0 Å². The zero-order valence-corrected chi connectivity index (χ0v) is 15.0. The molecule has 0 fully saturated rings. The standard InChI is InChI=1S/C17H20N2O4S/c1-5-22-13-9-7-12(8-10-13)15(20)18-17-19(4)11(3)14(24-17)16(21)23-6-2/h7-10H,5-6H2,1-4H3. The summed E-state index contributed by atoms with van der Waals surface area (Å²) in [4.78, 5) is 29.3. The Balaban J connectivity index is 2.31. The highest BCUT2D eigenvalue weighted by Gasteiger charge is 2.16. The van der Waals surface area contributed by atoms with E-state index in [1.165, 1.54) is 0 Å². The highest BCUT2D eigenvalue weighted by Crippen LogP contribution is 2.14. The maximum atomic E-state index is 12.3. The van der Waals surface area contributed by atoms with Gasteiger partial charge in [0, 0.05) is 18.3 Å². The molecule has 2 aromatic rings. The number of aromatic nitrogens is 1. The van der Waals surface area contributed by atoms with Crippen molar-refractivity contribution < 1.29 is 19.1 Å². The summed E-state index contributed by atoms with van der Waals surface area (Å²) in [5.41, 5.74) is 1.18. The molecule has 24 heavy (non-hydrogen) atoms. The fourth-order valence-corrected chi connectivity index (χ4v) is 3.04. The van der Waals surface area contributed by atoms with Crippen LogP contribution in [0.2, 0.25) is 0 Å². The van der Waals surface area contributed by atoms with Crippen molar-refractivity contribution in [2.24, 2.45) is 12.0 Å². The number of hydrogen-bond acceptors (Lipinski definition) is 5.